The number of hydrogen-bond donors (Lipinski definition) is 1. The van der Waals surface area contributed by atoms with E-state index in [9.17, 15) is 19.5 Å². The number of hydrogen-bond acceptors (Lipinski definition) is 5. The number of nitrogens with zero attached hydrogens (tertiary/aromatic N) is 3. The Hall–Kier alpha value is -2.58. The summed E-state index contributed by atoms with van der Waals surface area (Å²) in [6, 6.07) is 5.32. The standard InChI is InChI=1S/C26H31N3O4S/c1-16-8-9-17(2)18(15-16)28-12-5-10-26-21(20-19(34-26)7-4-11-27(3)23(20)31)24(32)29(13-6-14-30)22(26)25(28)33/h4-5,7-10,15,19-22,30H,6,11-14H2,1-3H3/t19-,20+,21+,22?,26+/m1/s1. The molecule has 4 aliphatic heterocycles. The van der Waals surface area contributed by atoms with Crippen LogP contribution in [0.4, 0.5) is 5.69 Å². The molecule has 0 aromatic heterocycles. The molecule has 1 N–H and O–H groups in total. The van der Waals surface area contributed by atoms with Crippen LogP contribution in [0.15, 0.2) is 42.5 Å². The van der Waals surface area contributed by atoms with Crippen molar-refractivity contribution in [2.75, 3.05) is 38.2 Å². The number of aryl methyl sites for hydroxylation is 2. The van der Waals surface area contributed by atoms with E-state index in [1.807, 2.05) is 56.4 Å². The molecule has 5 rings (SSSR count). The third-order valence-electron chi connectivity index (χ3n) is 7.57. The molecule has 4 heterocycles. The first kappa shape index (κ1) is 23.2. The van der Waals surface area contributed by atoms with Crippen molar-refractivity contribution in [3.05, 3.63) is 53.6 Å². The van der Waals surface area contributed by atoms with Crippen molar-refractivity contribution in [2.45, 2.75) is 36.3 Å². The predicted molar refractivity (Wildman–Crippen MR) is 132 cm³/mol. The summed E-state index contributed by atoms with van der Waals surface area (Å²) in [5, 5.41) is 9.35. The summed E-state index contributed by atoms with van der Waals surface area (Å²) in [6.45, 7) is 5.14. The van der Waals surface area contributed by atoms with Crippen LogP contribution in [0.1, 0.15) is 17.5 Å². The van der Waals surface area contributed by atoms with Crippen LogP contribution in [-0.2, 0) is 14.4 Å². The molecule has 4 aliphatic rings. The highest BCUT2D eigenvalue weighted by Crippen LogP contribution is 2.61. The molecule has 3 amide bonds. The topological polar surface area (TPSA) is 81.2 Å². The van der Waals surface area contributed by atoms with Gasteiger partial charge in [-0.2, -0.15) is 0 Å². The Morgan fingerprint density at radius 2 is 1.88 bits per heavy atom. The Balaban J connectivity index is 1.63. The number of benzene rings is 1. The maximum Gasteiger partial charge on any atom is 0.251 e. The van der Waals surface area contributed by atoms with Gasteiger partial charge in [-0.3, -0.25) is 14.4 Å². The fraction of sp³-hybridized carbons (Fsp3) is 0.500. The third kappa shape index (κ3) is 3.33. The molecular weight excluding hydrogens is 450 g/mol. The predicted octanol–water partition coefficient (Wildman–Crippen LogP) is 1.91. The van der Waals surface area contributed by atoms with Crippen molar-refractivity contribution in [3.8, 4) is 0 Å². The second-order valence-electron chi connectivity index (χ2n) is 9.74. The maximum atomic E-state index is 14.3. The number of anilines is 1. The van der Waals surface area contributed by atoms with Crippen molar-refractivity contribution >= 4 is 35.2 Å². The highest BCUT2D eigenvalue weighted by Gasteiger charge is 2.70. The fourth-order valence-electron chi connectivity index (χ4n) is 5.97. The van der Waals surface area contributed by atoms with Gasteiger partial charge in [0.25, 0.3) is 5.91 Å². The van der Waals surface area contributed by atoms with Crippen molar-refractivity contribution in [1.82, 2.24) is 9.80 Å². The molecule has 1 spiro atoms. The number of carbonyl (C=O) groups is 3. The number of carbonyl (C=O) groups excluding carboxylic acids is 3. The van der Waals surface area contributed by atoms with Gasteiger partial charge >= 0.3 is 0 Å². The average molecular weight is 482 g/mol. The zero-order valence-corrected chi connectivity index (χ0v) is 20.6. The van der Waals surface area contributed by atoms with Crippen LogP contribution in [0.2, 0.25) is 0 Å². The normalized spacial score (nSPS) is 32.6. The lowest BCUT2D eigenvalue weighted by molar-refractivity contribution is -0.142. The number of aliphatic hydroxyl groups is 1. The summed E-state index contributed by atoms with van der Waals surface area (Å²) in [6.07, 6.45) is 8.44. The monoisotopic (exact) mass is 481 g/mol. The molecule has 0 bridgehead atoms. The van der Waals surface area contributed by atoms with Gasteiger partial charge in [-0.05, 0) is 37.5 Å². The number of amides is 3. The van der Waals surface area contributed by atoms with Gasteiger partial charge in [-0.1, -0.05) is 36.4 Å². The number of fused-ring (bicyclic) bond motifs is 2. The second kappa shape index (κ2) is 8.57. The molecule has 0 radical (unpaired) electrons. The molecule has 1 aromatic rings. The summed E-state index contributed by atoms with van der Waals surface area (Å²) < 4.78 is -0.816. The lowest BCUT2D eigenvalue weighted by Crippen LogP contribution is -2.53. The molecule has 0 saturated carbocycles. The molecule has 180 valence electrons. The maximum absolute atomic E-state index is 14.3. The van der Waals surface area contributed by atoms with Gasteiger partial charge in [0.1, 0.15) is 6.04 Å². The van der Waals surface area contributed by atoms with Crippen LogP contribution in [0.3, 0.4) is 0 Å². The number of rotatable bonds is 4. The summed E-state index contributed by atoms with van der Waals surface area (Å²) in [5.74, 6) is -1.44. The van der Waals surface area contributed by atoms with Crippen LogP contribution in [0, 0.1) is 25.7 Å². The van der Waals surface area contributed by atoms with E-state index in [1.54, 1.807) is 33.5 Å². The molecule has 1 aromatic carbocycles. The van der Waals surface area contributed by atoms with E-state index in [0.717, 1.165) is 16.8 Å². The van der Waals surface area contributed by atoms with Crippen molar-refractivity contribution < 1.29 is 19.5 Å². The van der Waals surface area contributed by atoms with E-state index in [-0.39, 0.29) is 36.1 Å². The molecule has 7 nitrogen and oxygen atoms in total. The number of aliphatic hydroxyl groups excluding tert-OH is 1. The fourth-order valence-corrected chi connectivity index (χ4v) is 7.98. The van der Waals surface area contributed by atoms with Gasteiger partial charge in [-0.15, -0.1) is 11.8 Å². The average Bonchev–Trinajstić information content (AvgIpc) is 3.13. The van der Waals surface area contributed by atoms with Crippen LogP contribution in [0.25, 0.3) is 0 Å². The highest BCUT2D eigenvalue weighted by atomic mass is 32.2. The van der Waals surface area contributed by atoms with Crippen molar-refractivity contribution in [2.24, 2.45) is 11.8 Å². The zero-order valence-electron chi connectivity index (χ0n) is 19.8. The molecule has 2 fully saturated rings. The quantitative estimate of drug-likeness (QED) is 0.665. The minimum Gasteiger partial charge on any atom is -0.396 e. The van der Waals surface area contributed by atoms with Gasteiger partial charge < -0.3 is 19.8 Å². The Morgan fingerprint density at radius 1 is 1.09 bits per heavy atom. The van der Waals surface area contributed by atoms with Crippen LogP contribution < -0.4 is 4.90 Å². The Morgan fingerprint density at radius 3 is 2.65 bits per heavy atom. The zero-order chi connectivity index (χ0) is 24.2. The highest BCUT2D eigenvalue weighted by molar-refractivity contribution is 8.02. The van der Waals surface area contributed by atoms with Gasteiger partial charge in [0.05, 0.1) is 16.6 Å². The van der Waals surface area contributed by atoms with Crippen LogP contribution >= 0.6 is 11.8 Å². The summed E-state index contributed by atoms with van der Waals surface area (Å²) in [5.41, 5.74) is 2.90. The van der Waals surface area contributed by atoms with E-state index in [0.29, 0.717) is 19.5 Å². The molecule has 34 heavy (non-hydrogen) atoms. The molecule has 8 heteroatoms. The van der Waals surface area contributed by atoms with Crippen LogP contribution in [0.5, 0.6) is 0 Å². The Kier molecular flexibility index (Phi) is 5.84. The van der Waals surface area contributed by atoms with Gasteiger partial charge in [-0.25, -0.2) is 0 Å². The minimum atomic E-state index is -0.816. The van der Waals surface area contributed by atoms with E-state index >= 15 is 0 Å². The molecule has 0 aliphatic carbocycles. The third-order valence-corrected chi connectivity index (χ3v) is 9.32. The number of likely N-dealkylation sites (tertiary alicyclic amines) is 1. The van der Waals surface area contributed by atoms with E-state index in [1.165, 1.54) is 0 Å². The Labute approximate surface area is 204 Å². The Bertz CT molecular complexity index is 1100. The van der Waals surface area contributed by atoms with Gasteiger partial charge in [0.2, 0.25) is 11.8 Å². The van der Waals surface area contributed by atoms with E-state index < -0.39 is 22.6 Å². The number of thioether (sulfide) groups is 1. The first-order valence-corrected chi connectivity index (χ1v) is 12.7. The first-order chi connectivity index (χ1) is 16.3. The number of likely N-dealkylation sites (N-methyl/N-ethyl adjacent to an activating group) is 1. The smallest absolute Gasteiger partial charge is 0.251 e. The molecule has 1 unspecified atom stereocenters. The van der Waals surface area contributed by atoms with Crippen molar-refractivity contribution in [3.63, 3.8) is 0 Å². The molecule has 2 saturated heterocycles. The van der Waals surface area contributed by atoms with E-state index in [4.69, 9.17) is 0 Å². The lowest BCUT2D eigenvalue weighted by Gasteiger charge is -2.35. The largest absolute Gasteiger partial charge is 0.396 e. The summed E-state index contributed by atoms with van der Waals surface area (Å²) >= 11 is 1.58. The van der Waals surface area contributed by atoms with Crippen molar-refractivity contribution in [1.29, 1.82) is 0 Å². The molecular formula is C26H31N3O4S. The van der Waals surface area contributed by atoms with Gasteiger partial charge in [0, 0.05) is 44.2 Å². The summed E-state index contributed by atoms with van der Waals surface area (Å²) in [4.78, 5) is 46.7. The SMILES string of the molecule is Cc1ccc(C)c(N2CC=C[C@]34S[C@@H]5C=CCN(C)C(=O)[C@@H]5[C@H]3C(=O)N(CCCO)C4C2=O)c1. The lowest BCUT2D eigenvalue weighted by atomic mass is 9.78. The van der Waals surface area contributed by atoms with E-state index in [2.05, 4.69) is 0 Å². The van der Waals surface area contributed by atoms with Gasteiger partial charge in [0.15, 0.2) is 0 Å². The minimum absolute atomic E-state index is 0.0445. The molecule has 5 atom stereocenters. The first-order valence-electron chi connectivity index (χ1n) is 11.9. The van der Waals surface area contributed by atoms with Crippen LogP contribution in [-0.4, -0.2) is 82.0 Å². The summed E-state index contributed by atoms with van der Waals surface area (Å²) in [7, 11) is 1.77. The second-order valence-corrected chi connectivity index (χ2v) is 11.2.